The molecule has 10 aliphatic heterocycles. The van der Waals surface area contributed by atoms with Crippen molar-refractivity contribution in [2.24, 2.45) is 5.92 Å². The second-order valence-corrected chi connectivity index (χ2v) is 26.5. The number of hydrogen-bond donors (Lipinski definition) is 8. The van der Waals surface area contributed by atoms with Gasteiger partial charge in [0.25, 0.3) is 5.97 Å². The summed E-state index contributed by atoms with van der Waals surface area (Å²) < 4.78 is 130. The summed E-state index contributed by atoms with van der Waals surface area (Å²) in [5.74, 6) is -8.39. The van der Waals surface area contributed by atoms with Crippen molar-refractivity contribution >= 4 is 40.9 Å². The Bertz CT molecular complexity index is 2820. The third-order valence-electron chi connectivity index (χ3n) is 19.1. The van der Waals surface area contributed by atoms with E-state index < -0.39 is 241 Å². The third kappa shape index (κ3) is 12.8. The summed E-state index contributed by atoms with van der Waals surface area (Å²) in [4.78, 5) is 39.5. The van der Waals surface area contributed by atoms with E-state index in [1.807, 2.05) is 0 Å². The largest absolute Gasteiger partial charge is 0.505 e. The lowest BCUT2D eigenvalue weighted by Crippen LogP contribution is -2.72. The van der Waals surface area contributed by atoms with Gasteiger partial charge in [0.05, 0.1) is 73.3 Å². The van der Waals surface area contributed by atoms with Gasteiger partial charge in [0.1, 0.15) is 96.2 Å². The molecule has 0 amide bonds. The maximum atomic E-state index is 13.4. The number of carbonyl (C=O) groups excluding carboxylic acids is 3. The minimum absolute atomic E-state index is 0.0100. The van der Waals surface area contributed by atoms with E-state index in [9.17, 15) is 55.2 Å². The van der Waals surface area contributed by atoms with Gasteiger partial charge in [0, 0.05) is 27.1 Å². The van der Waals surface area contributed by atoms with Crippen LogP contribution in [0.5, 0.6) is 11.5 Å². The second kappa shape index (κ2) is 27.3. The van der Waals surface area contributed by atoms with Crippen LogP contribution < -0.4 is 0 Å². The maximum absolute atomic E-state index is 13.4. The lowest BCUT2D eigenvalue weighted by molar-refractivity contribution is -0.428. The fourth-order valence-electron chi connectivity index (χ4n) is 14.2. The number of ketones is 1. The molecule has 10 heterocycles. The molecular weight excluding hydrogens is 1290 g/mol. The standard InChI is InChI=1S/C59H84Cl2O32/c1-19(2)51(70)85-47-44-30(90-59(91-44)50-49(76-18-77-50)58(72,25(8)63)26(9)89-59)17-75-54(47)87-55-46(74-12)38(68)43(29(16-62)81-55)86-53-39(69)45(42(73-11)22(5)80-53)83-32-15-56(10)48(24(7)79-32)92-57(93-56)14-28(65)41(23(6)88-57)82-31-13-27(64)40(21(4)78-31)84-52(71)33-20(3)34(60)37(67)35(61)36(33)66/h19,21-24,26-32,38-50,53-55,62,64-69,72H,13-18H2,1-12H3/t21-,22-,23-,24-,26-,27-,28-,29-,30+,31+,32+,38+,39-,40-,41-,42+,43-,44-,45-,46+,47-,48-,49-,50-,53+,54-,55+,56-,57?,58+,59-/m1/s1. The zero-order valence-corrected chi connectivity index (χ0v) is 54.6. The maximum Gasteiger partial charge on any atom is 0.342 e. The van der Waals surface area contributed by atoms with Crippen molar-refractivity contribution < 1.29 is 155 Å². The number of ether oxygens (including phenoxy) is 21. The van der Waals surface area contributed by atoms with Crippen LogP contribution in [0.2, 0.25) is 10.0 Å². The monoisotopic (exact) mass is 1370 g/mol. The Morgan fingerprint density at radius 2 is 1.32 bits per heavy atom. The van der Waals surface area contributed by atoms with Crippen molar-refractivity contribution in [1.82, 2.24) is 0 Å². The second-order valence-electron chi connectivity index (χ2n) is 25.8. The number of halogens is 2. The number of phenolic OH excluding ortho intramolecular Hbond substituents is 2. The van der Waals surface area contributed by atoms with E-state index in [-0.39, 0.29) is 43.2 Å². The molecule has 8 N–H and O–H groups in total. The van der Waals surface area contributed by atoms with Crippen molar-refractivity contribution in [3.05, 3.63) is 21.2 Å². The molecule has 32 nitrogen and oxygen atoms in total. The van der Waals surface area contributed by atoms with Crippen LogP contribution in [0.25, 0.3) is 0 Å². The quantitative estimate of drug-likeness (QED) is 0.102. The SMILES string of the molecule is CO[C@@H]1[C@H](O[C@H]2OC[C@@H]3O[C@]4(O[C@H]3[C@H]2OC(=O)C(C)C)O[C@H](C)[C@@](O)(C(C)=O)[C@@H]2OCO[C@H]24)O[C@H](CO)[C@@H](O[C@@H]2O[C@H](C)[C@H](OC)[C@H](O[C@H]3C[C@@]4(C)OC5(C[C@@H](O)[C@H](O[C@H]6C[C@@H](O)[C@H](OC(=O)c7c(C)c(Cl)c(O)c(Cl)c7O)[C@@H](C)O6)[C@@H](C)O5)O[C@@H]4[C@@H](C)O3)[C@H]2O)[C@@H]1O. The highest BCUT2D eigenvalue weighted by molar-refractivity contribution is 6.39. The first-order valence-electron chi connectivity index (χ1n) is 30.9. The molecule has 1 aromatic carbocycles. The summed E-state index contributed by atoms with van der Waals surface area (Å²) >= 11 is 12.1. The van der Waals surface area contributed by atoms with Gasteiger partial charge in [-0.2, -0.15) is 0 Å². The average molecular weight is 1380 g/mol. The number of phenols is 2. The molecule has 0 radical (unpaired) electrons. The molecule has 0 aromatic heterocycles. The van der Waals surface area contributed by atoms with Gasteiger partial charge < -0.3 is 140 Å². The predicted molar refractivity (Wildman–Crippen MR) is 303 cm³/mol. The van der Waals surface area contributed by atoms with E-state index in [1.54, 1.807) is 41.5 Å². The van der Waals surface area contributed by atoms with E-state index in [0.717, 1.165) is 0 Å². The fourth-order valence-corrected chi connectivity index (χ4v) is 14.7. The molecule has 93 heavy (non-hydrogen) atoms. The first-order chi connectivity index (χ1) is 43.8. The Balaban J connectivity index is 0.716. The minimum Gasteiger partial charge on any atom is -0.505 e. The number of esters is 2. The van der Waals surface area contributed by atoms with Crippen LogP contribution in [0.15, 0.2) is 0 Å². The summed E-state index contributed by atoms with van der Waals surface area (Å²) in [5.41, 5.74) is -3.78. The van der Waals surface area contributed by atoms with Crippen LogP contribution in [0, 0.1) is 12.8 Å². The van der Waals surface area contributed by atoms with E-state index in [4.69, 9.17) is 123 Å². The highest BCUT2D eigenvalue weighted by Gasteiger charge is 2.73. The Hall–Kier alpha value is -2.99. The number of aromatic hydroxyl groups is 2. The number of carbonyl (C=O) groups is 3. The van der Waals surface area contributed by atoms with Crippen molar-refractivity contribution in [3.63, 3.8) is 0 Å². The summed E-state index contributed by atoms with van der Waals surface area (Å²) in [7, 11) is 2.64. The van der Waals surface area contributed by atoms with E-state index in [1.165, 1.54) is 41.9 Å². The molecule has 2 spiro atoms. The smallest absolute Gasteiger partial charge is 0.342 e. The first-order valence-corrected chi connectivity index (χ1v) is 31.7. The number of Topliss-reactive ketones (excluding diaryl/α,β-unsaturated/α-hetero) is 1. The average Bonchev–Trinajstić information content (AvgIpc) is 1.58. The van der Waals surface area contributed by atoms with Crippen LogP contribution in [0.1, 0.15) is 97.5 Å². The lowest BCUT2D eigenvalue weighted by atomic mass is 9.81. The van der Waals surface area contributed by atoms with Gasteiger partial charge in [-0.25, -0.2) is 4.79 Å². The number of aliphatic hydroxyl groups excluding tert-OH is 5. The van der Waals surface area contributed by atoms with Gasteiger partial charge in [0.2, 0.25) is 6.29 Å². The van der Waals surface area contributed by atoms with Crippen LogP contribution >= 0.6 is 23.2 Å². The number of benzene rings is 1. The molecule has 0 aliphatic carbocycles. The van der Waals surface area contributed by atoms with Crippen LogP contribution in [0.4, 0.5) is 0 Å². The molecule has 1 unspecified atom stereocenters. The van der Waals surface area contributed by atoms with Gasteiger partial charge in [-0.15, -0.1) is 0 Å². The summed E-state index contributed by atoms with van der Waals surface area (Å²) in [6.07, 6.45) is -34.2. The highest BCUT2D eigenvalue weighted by Crippen LogP contribution is 2.53. The fraction of sp³-hybridized carbons (Fsp3) is 0.847. The number of aliphatic hydroxyl groups is 6. The first kappa shape index (κ1) is 71.3. The zero-order chi connectivity index (χ0) is 67.5. The summed E-state index contributed by atoms with van der Waals surface area (Å²) in [6, 6.07) is 0. The molecule has 31 atom stereocenters. The predicted octanol–water partition coefficient (Wildman–Crippen LogP) is 0.0949. The van der Waals surface area contributed by atoms with Gasteiger partial charge in [-0.3, -0.25) is 9.59 Å². The van der Waals surface area contributed by atoms with Crippen LogP contribution in [-0.2, 0) is 109 Å². The number of hydrogen-bond acceptors (Lipinski definition) is 32. The van der Waals surface area contributed by atoms with Gasteiger partial charge in [-0.05, 0) is 61.0 Å². The zero-order valence-electron chi connectivity index (χ0n) is 53.0. The molecule has 0 saturated carbocycles. The Morgan fingerprint density at radius 3 is 1.98 bits per heavy atom. The molecule has 11 rings (SSSR count). The van der Waals surface area contributed by atoms with Crippen LogP contribution in [0.3, 0.4) is 0 Å². The van der Waals surface area contributed by atoms with Crippen molar-refractivity contribution in [3.8, 4) is 11.5 Å². The normalized spacial score (nSPS) is 48.1. The van der Waals surface area contributed by atoms with Crippen molar-refractivity contribution in [1.29, 1.82) is 0 Å². The molecule has 0 bridgehead atoms. The number of fused-ring (bicyclic) bond motifs is 4. The molecule has 34 heteroatoms. The molecule has 10 aliphatic rings. The molecule has 10 fully saturated rings. The highest BCUT2D eigenvalue weighted by atomic mass is 35.5. The Morgan fingerprint density at radius 1 is 0.645 bits per heavy atom. The van der Waals surface area contributed by atoms with Gasteiger partial charge in [-0.1, -0.05) is 37.0 Å². The summed E-state index contributed by atoms with van der Waals surface area (Å²) in [5, 5.41) is 89.5. The van der Waals surface area contributed by atoms with E-state index >= 15 is 0 Å². The molecule has 526 valence electrons. The van der Waals surface area contributed by atoms with Gasteiger partial charge in [0.15, 0.2) is 66.4 Å². The summed E-state index contributed by atoms with van der Waals surface area (Å²) in [6.45, 7) is 14.1. The Labute approximate surface area is 544 Å². The number of rotatable bonds is 16. The lowest BCUT2D eigenvalue weighted by Gasteiger charge is -2.49. The molecule has 1 aromatic rings. The van der Waals surface area contributed by atoms with Crippen molar-refractivity contribution in [2.75, 3.05) is 34.2 Å². The van der Waals surface area contributed by atoms with E-state index in [2.05, 4.69) is 0 Å². The molecular formula is C59H84Cl2O32. The topological polar surface area (TPSA) is 407 Å². The number of methoxy groups -OCH3 is 2. The van der Waals surface area contributed by atoms with Crippen molar-refractivity contribution in [2.45, 2.75) is 277 Å². The van der Waals surface area contributed by atoms with Gasteiger partial charge >= 0.3 is 17.9 Å². The third-order valence-corrected chi connectivity index (χ3v) is 19.9. The van der Waals surface area contributed by atoms with E-state index in [0.29, 0.717) is 0 Å². The van der Waals surface area contributed by atoms with Crippen LogP contribution in [-0.4, -0.2) is 282 Å². The minimum atomic E-state index is -2.14. The molecule has 10 saturated heterocycles. The Kier molecular flexibility index (Phi) is 20.9.